The van der Waals surface area contributed by atoms with Gasteiger partial charge in [0.2, 0.25) is 0 Å². The number of nitrogens with zero attached hydrogens (tertiary/aromatic N) is 1. The van der Waals surface area contributed by atoms with E-state index in [0.717, 1.165) is 32.5 Å². The fraction of sp³-hybridized carbons (Fsp3) is 1.00. The molecule has 0 aromatic rings. The normalized spacial score (nSPS) is 12.4. The summed E-state index contributed by atoms with van der Waals surface area (Å²) in [5.74, 6) is 0.549. The van der Waals surface area contributed by atoms with Crippen molar-refractivity contribution in [1.82, 2.24) is 4.90 Å². The Morgan fingerprint density at radius 3 is 2.29 bits per heavy atom. The van der Waals surface area contributed by atoms with E-state index in [4.69, 9.17) is 11.6 Å². The molecule has 0 aliphatic carbocycles. The highest BCUT2D eigenvalue weighted by Gasteiger charge is 2.27. The third-order valence-electron chi connectivity index (χ3n) is 2.26. The van der Waals surface area contributed by atoms with Crippen LogP contribution < -0.4 is 0 Å². The molecule has 0 amide bonds. The molecule has 0 heterocycles. The van der Waals surface area contributed by atoms with Gasteiger partial charge in [-0.15, -0.1) is 11.6 Å². The van der Waals surface area contributed by atoms with Gasteiger partial charge in [-0.2, -0.15) is 13.2 Å². The molecule has 6 heteroatoms. The maximum Gasteiger partial charge on any atom is 0.411 e. The molecular weight excluding hydrogens is 255 g/mol. The van der Waals surface area contributed by atoms with E-state index in [1.54, 1.807) is 0 Å². The second kappa shape index (κ2) is 9.97. The van der Waals surface area contributed by atoms with Gasteiger partial charge in [0.05, 0.1) is 0 Å². The Morgan fingerprint density at radius 1 is 1.12 bits per heavy atom. The highest BCUT2D eigenvalue weighted by atomic mass is 35.5. The second-order valence-corrected chi connectivity index (χ2v) is 4.28. The van der Waals surface area contributed by atoms with Gasteiger partial charge in [-0.25, -0.2) is 0 Å². The Hall–Kier alpha value is -0.0000000000000000555. The van der Waals surface area contributed by atoms with Crippen molar-refractivity contribution in [3.05, 3.63) is 0 Å². The van der Waals surface area contributed by atoms with Gasteiger partial charge in [-0.05, 0) is 19.4 Å². The Labute approximate surface area is 106 Å². The Balaban J connectivity index is 3.53. The predicted octanol–water partition coefficient (Wildman–Crippen LogP) is 3.30. The van der Waals surface area contributed by atoms with E-state index >= 15 is 0 Å². The number of hydrogen-bond donors (Lipinski definition) is 0. The molecule has 0 aromatic carbocycles. The maximum atomic E-state index is 11.8. The lowest BCUT2D eigenvalue weighted by molar-refractivity contribution is -0.174. The van der Waals surface area contributed by atoms with Gasteiger partial charge >= 0.3 is 6.18 Å². The van der Waals surface area contributed by atoms with Crippen molar-refractivity contribution in [2.75, 3.05) is 38.7 Å². The standard InChI is InChI=1S/C11H21ClF3NO/c1-2-3-6-16(8-5-12)7-4-9-17-10-11(13,14)15/h2-10H2,1H3. The average Bonchev–Trinajstić information content (AvgIpc) is 2.23. The molecule has 0 radical (unpaired) electrons. The number of hydrogen-bond acceptors (Lipinski definition) is 2. The minimum absolute atomic E-state index is 0.143. The highest BCUT2D eigenvalue weighted by molar-refractivity contribution is 6.18. The fourth-order valence-corrected chi connectivity index (χ4v) is 1.65. The molecular formula is C11H21ClF3NO. The van der Waals surface area contributed by atoms with Crippen LogP contribution in [-0.2, 0) is 4.74 Å². The Morgan fingerprint density at radius 2 is 1.76 bits per heavy atom. The largest absolute Gasteiger partial charge is 0.411 e. The van der Waals surface area contributed by atoms with Gasteiger partial charge in [-0.3, -0.25) is 0 Å². The van der Waals surface area contributed by atoms with Crippen molar-refractivity contribution in [2.24, 2.45) is 0 Å². The van der Waals surface area contributed by atoms with Crippen LogP contribution in [0.25, 0.3) is 0 Å². The molecule has 0 fully saturated rings. The lowest BCUT2D eigenvalue weighted by atomic mass is 10.3. The van der Waals surface area contributed by atoms with E-state index in [1.165, 1.54) is 0 Å². The van der Waals surface area contributed by atoms with E-state index in [2.05, 4.69) is 16.6 Å². The average molecular weight is 276 g/mol. The van der Waals surface area contributed by atoms with Gasteiger partial charge in [0.1, 0.15) is 6.61 Å². The minimum atomic E-state index is -4.22. The van der Waals surface area contributed by atoms with Crippen LogP contribution >= 0.6 is 11.6 Å². The van der Waals surface area contributed by atoms with Crippen LogP contribution in [0.2, 0.25) is 0 Å². The molecule has 2 nitrogen and oxygen atoms in total. The SMILES string of the molecule is CCCCN(CCCl)CCCOCC(F)(F)F. The van der Waals surface area contributed by atoms with E-state index < -0.39 is 12.8 Å². The molecule has 0 spiro atoms. The van der Waals surface area contributed by atoms with Crippen LogP contribution in [-0.4, -0.2) is 49.8 Å². The molecule has 0 atom stereocenters. The second-order valence-electron chi connectivity index (χ2n) is 3.91. The number of alkyl halides is 4. The van der Waals surface area contributed by atoms with E-state index in [9.17, 15) is 13.2 Å². The van der Waals surface area contributed by atoms with Crippen LogP contribution in [0.3, 0.4) is 0 Å². The van der Waals surface area contributed by atoms with Gasteiger partial charge in [-0.1, -0.05) is 13.3 Å². The molecule has 0 N–H and O–H groups in total. The summed E-state index contributed by atoms with van der Waals surface area (Å²) in [7, 11) is 0. The van der Waals surface area contributed by atoms with E-state index in [-0.39, 0.29) is 6.61 Å². The summed E-state index contributed by atoms with van der Waals surface area (Å²) in [5.41, 5.74) is 0. The molecule has 0 bridgehead atoms. The molecule has 0 aromatic heterocycles. The summed E-state index contributed by atoms with van der Waals surface area (Å²) < 4.78 is 39.9. The molecule has 17 heavy (non-hydrogen) atoms. The Kier molecular flexibility index (Phi) is 9.97. The van der Waals surface area contributed by atoms with Gasteiger partial charge in [0, 0.05) is 25.6 Å². The first-order chi connectivity index (χ1) is 7.99. The van der Waals surface area contributed by atoms with Crippen molar-refractivity contribution in [2.45, 2.75) is 32.4 Å². The van der Waals surface area contributed by atoms with Gasteiger partial charge in [0.25, 0.3) is 0 Å². The zero-order chi connectivity index (χ0) is 13.1. The lowest BCUT2D eigenvalue weighted by Crippen LogP contribution is -2.29. The fourth-order valence-electron chi connectivity index (χ4n) is 1.41. The highest BCUT2D eigenvalue weighted by Crippen LogP contribution is 2.14. The number of ether oxygens (including phenoxy) is 1. The summed E-state index contributed by atoms with van der Waals surface area (Å²) in [5, 5.41) is 0. The zero-order valence-corrected chi connectivity index (χ0v) is 11.0. The first-order valence-electron chi connectivity index (χ1n) is 5.92. The predicted molar refractivity (Wildman–Crippen MR) is 63.6 cm³/mol. The maximum absolute atomic E-state index is 11.8. The van der Waals surface area contributed by atoms with Gasteiger partial charge < -0.3 is 9.64 Å². The molecule has 0 aliphatic rings. The van der Waals surface area contributed by atoms with E-state index in [0.29, 0.717) is 12.3 Å². The number of unbranched alkanes of at least 4 members (excludes halogenated alkanes) is 1. The van der Waals surface area contributed by atoms with Crippen molar-refractivity contribution in [3.63, 3.8) is 0 Å². The van der Waals surface area contributed by atoms with Crippen molar-refractivity contribution < 1.29 is 17.9 Å². The van der Waals surface area contributed by atoms with Crippen molar-refractivity contribution in [1.29, 1.82) is 0 Å². The monoisotopic (exact) mass is 275 g/mol. The molecule has 0 aliphatic heterocycles. The quantitative estimate of drug-likeness (QED) is 0.448. The molecule has 0 unspecified atom stereocenters. The van der Waals surface area contributed by atoms with Crippen LogP contribution in [0.15, 0.2) is 0 Å². The third-order valence-corrected chi connectivity index (χ3v) is 2.43. The topological polar surface area (TPSA) is 12.5 Å². The molecule has 0 saturated heterocycles. The summed E-state index contributed by atoms with van der Waals surface area (Å²) in [6, 6.07) is 0. The summed E-state index contributed by atoms with van der Waals surface area (Å²) in [4.78, 5) is 2.16. The minimum Gasteiger partial charge on any atom is -0.372 e. The summed E-state index contributed by atoms with van der Waals surface area (Å²) >= 11 is 5.65. The van der Waals surface area contributed by atoms with Crippen molar-refractivity contribution in [3.8, 4) is 0 Å². The number of halogens is 4. The zero-order valence-electron chi connectivity index (χ0n) is 10.2. The Bertz CT molecular complexity index is 179. The van der Waals surface area contributed by atoms with Crippen LogP contribution in [0.4, 0.5) is 13.2 Å². The van der Waals surface area contributed by atoms with Gasteiger partial charge in [0.15, 0.2) is 0 Å². The van der Waals surface area contributed by atoms with Crippen LogP contribution in [0.5, 0.6) is 0 Å². The van der Waals surface area contributed by atoms with Crippen molar-refractivity contribution >= 4 is 11.6 Å². The lowest BCUT2D eigenvalue weighted by Gasteiger charge is -2.20. The summed E-state index contributed by atoms with van der Waals surface area (Å²) in [6.07, 6.45) is -1.43. The van der Waals surface area contributed by atoms with Crippen LogP contribution in [0.1, 0.15) is 26.2 Å². The first kappa shape index (κ1) is 17.0. The van der Waals surface area contributed by atoms with E-state index in [1.807, 2.05) is 0 Å². The van der Waals surface area contributed by atoms with Crippen LogP contribution in [0, 0.1) is 0 Å². The third kappa shape index (κ3) is 12.2. The summed E-state index contributed by atoms with van der Waals surface area (Å²) in [6.45, 7) is 3.56. The molecule has 104 valence electrons. The smallest absolute Gasteiger partial charge is 0.372 e. The number of rotatable bonds is 10. The molecule has 0 saturated carbocycles. The first-order valence-corrected chi connectivity index (χ1v) is 6.46. The molecule has 0 rings (SSSR count).